The number of fused-ring (bicyclic) bond motifs is 6. The molecule has 0 atom stereocenters. The van der Waals surface area contributed by atoms with Crippen LogP contribution in [0.5, 0.6) is 0 Å². The molecule has 0 amide bonds. The number of anilines is 2. The smallest absolute Gasteiger partial charge is 0.159 e. The standard InChI is InChI=1S/C38H25NO/c1-2-11-25(12-3-1)30-17-8-9-18-31(30)27-15-10-16-29(23-27)39-37-33-20-7-5-14-28(33)24-34-36-32-19-6-4-13-26(32)21-22-35(36)40-38(34)37/h1-24,39H. The van der Waals surface area contributed by atoms with E-state index in [1.54, 1.807) is 0 Å². The third-order valence-electron chi connectivity index (χ3n) is 7.83. The zero-order chi connectivity index (χ0) is 26.5. The predicted molar refractivity (Wildman–Crippen MR) is 169 cm³/mol. The summed E-state index contributed by atoms with van der Waals surface area (Å²) in [5.41, 5.74) is 8.58. The van der Waals surface area contributed by atoms with Gasteiger partial charge in [-0.15, -0.1) is 0 Å². The van der Waals surface area contributed by atoms with Crippen LogP contribution < -0.4 is 5.32 Å². The second-order valence-corrected chi connectivity index (χ2v) is 10.2. The maximum atomic E-state index is 6.60. The van der Waals surface area contributed by atoms with Crippen LogP contribution in [-0.4, -0.2) is 0 Å². The Morgan fingerprint density at radius 2 is 1.12 bits per heavy atom. The van der Waals surface area contributed by atoms with Gasteiger partial charge in [0, 0.05) is 21.8 Å². The van der Waals surface area contributed by atoms with Crippen molar-refractivity contribution in [1.29, 1.82) is 0 Å². The number of nitrogens with one attached hydrogen (secondary N) is 1. The molecule has 0 bridgehead atoms. The van der Waals surface area contributed by atoms with Crippen LogP contribution in [0, 0.1) is 0 Å². The molecule has 0 aliphatic heterocycles. The summed E-state index contributed by atoms with van der Waals surface area (Å²) in [4.78, 5) is 0. The van der Waals surface area contributed by atoms with Crippen molar-refractivity contribution >= 4 is 54.9 Å². The summed E-state index contributed by atoms with van der Waals surface area (Å²) in [6.07, 6.45) is 0. The molecule has 0 unspecified atom stereocenters. The highest BCUT2D eigenvalue weighted by atomic mass is 16.3. The third-order valence-corrected chi connectivity index (χ3v) is 7.83. The Balaban J connectivity index is 1.32. The van der Waals surface area contributed by atoms with Crippen LogP contribution in [0.4, 0.5) is 11.4 Å². The fourth-order valence-corrected chi connectivity index (χ4v) is 5.98. The van der Waals surface area contributed by atoms with Crippen molar-refractivity contribution < 1.29 is 4.42 Å². The second-order valence-electron chi connectivity index (χ2n) is 10.2. The molecule has 8 rings (SSSR count). The molecule has 2 heteroatoms. The van der Waals surface area contributed by atoms with E-state index in [0.717, 1.165) is 44.3 Å². The van der Waals surface area contributed by atoms with Gasteiger partial charge in [-0.25, -0.2) is 0 Å². The van der Waals surface area contributed by atoms with E-state index in [0.29, 0.717) is 0 Å². The Bertz CT molecular complexity index is 2190. The van der Waals surface area contributed by atoms with E-state index < -0.39 is 0 Å². The van der Waals surface area contributed by atoms with Crippen LogP contribution in [0.3, 0.4) is 0 Å². The van der Waals surface area contributed by atoms with Gasteiger partial charge >= 0.3 is 0 Å². The zero-order valence-corrected chi connectivity index (χ0v) is 21.8. The average Bonchev–Trinajstić information content (AvgIpc) is 3.40. The van der Waals surface area contributed by atoms with E-state index in [2.05, 4.69) is 151 Å². The fourth-order valence-electron chi connectivity index (χ4n) is 5.98. The molecule has 0 radical (unpaired) electrons. The molecule has 1 N–H and O–H groups in total. The van der Waals surface area contributed by atoms with Crippen molar-refractivity contribution in [3.05, 3.63) is 146 Å². The van der Waals surface area contributed by atoms with Crippen LogP contribution in [0.15, 0.2) is 150 Å². The van der Waals surface area contributed by atoms with Crippen molar-refractivity contribution in [2.24, 2.45) is 0 Å². The van der Waals surface area contributed by atoms with Gasteiger partial charge in [-0.1, -0.05) is 121 Å². The van der Waals surface area contributed by atoms with Gasteiger partial charge in [0.25, 0.3) is 0 Å². The Morgan fingerprint density at radius 1 is 0.450 bits per heavy atom. The van der Waals surface area contributed by atoms with Crippen molar-refractivity contribution in [2.45, 2.75) is 0 Å². The molecule has 7 aromatic carbocycles. The minimum Gasteiger partial charge on any atom is -0.454 e. The monoisotopic (exact) mass is 511 g/mol. The zero-order valence-electron chi connectivity index (χ0n) is 21.8. The molecule has 2 nitrogen and oxygen atoms in total. The molecular weight excluding hydrogens is 486 g/mol. The molecule has 8 aromatic rings. The molecule has 1 heterocycles. The molecule has 40 heavy (non-hydrogen) atoms. The number of rotatable bonds is 4. The van der Waals surface area contributed by atoms with E-state index in [1.165, 1.54) is 32.8 Å². The van der Waals surface area contributed by atoms with Crippen molar-refractivity contribution in [3.8, 4) is 22.3 Å². The first-order chi connectivity index (χ1) is 19.8. The number of furan rings is 1. The van der Waals surface area contributed by atoms with E-state index in [1.807, 2.05) is 0 Å². The number of hydrogen-bond donors (Lipinski definition) is 1. The summed E-state index contributed by atoms with van der Waals surface area (Å²) in [7, 11) is 0. The second kappa shape index (κ2) is 9.14. The minimum absolute atomic E-state index is 0.875. The van der Waals surface area contributed by atoms with Crippen molar-refractivity contribution in [2.75, 3.05) is 5.32 Å². The Morgan fingerprint density at radius 3 is 1.98 bits per heavy atom. The average molecular weight is 512 g/mol. The van der Waals surface area contributed by atoms with Gasteiger partial charge in [-0.05, 0) is 62.7 Å². The largest absolute Gasteiger partial charge is 0.454 e. The van der Waals surface area contributed by atoms with Gasteiger partial charge in [-0.2, -0.15) is 0 Å². The molecule has 0 aliphatic carbocycles. The first kappa shape index (κ1) is 22.6. The highest BCUT2D eigenvalue weighted by molar-refractivity contribution is 6.24. The highest BCUT2D eigenvalue weighted by Gasteiger charge is 2.17. The molecule has 0 fully saturated rings. The lowest BCUT2D eigenvalue weighted by Crippen LogP contribution is -1.93. The number of hydrogen-bond acceptors (Lipinski definition) is 2. The Labute approximate surface area is 232 Å². The maximum Gasteiger partial charge on any atom is 0.159 e. The molecule has 1 aromatic heterocycles. The summed E-state index contributed by atoms with van der Waals surface area (Å²) in [5, 5.41) is 10.8. The number of benzene rings is 7. The van der Waals surface area contributed by atoms with E-state index in [9.17, 15) is 0 Å². The van der Waals surface area contributed by atoms with Gasteiger partial charge < -0.3 is 9.73 Å². The first-order valence-electron chi connectivity index (χ1n) is 13.6. The van der Waals surface area contributed by atoms with Crippen LogP contribution in [0.1, 0.15) is 0 Å². The fraction of sp³-hybridized carbons (Fsp3) is 0. The summed E-state index contributed by atoms with van der Waals surface area (Å²) < 4.78 is 6.60. The molecule has 0 spiro atoms. The Kier molecular flexibility index (Phi) is 5.17. The molecule has 0 aliphatic rings. The topological polar surface area (TPSA) is 25.2 Å². The summed E-state index contributed by atoms with van der Waals surface area (Å²) in [5.74, 6) is 0. The summed E-state index contributed by atoms with van der Waals surface area (Å²) in [6, 6.07) is 51.4. The Hall–Kier alpha value is -5.34. The van der Waals surface area contributed by atoms with Gasteiger partial charge in [0.15, 0.2) is 5.58 Å². The van der Waals surface area contributed by atoms with E-state index in [4.69, 9.17) is 4.42 Å². The van der Waals surface area contributed by atoms with Crippen LogP contribution >= 0.6 is 0 Å². The normalized spacial score (nSPS) is 11.5. The van der Waals surface area contributed by atoms with Gasteiger partial charge in [0.1, 0.15) is 5.58 Å². The minimum atomic E-state index is 0.875. The van der Waals surface area contributed by atoms with Crippen LogP contribution in [0.25, 0.3) is 65.7 Å². The van der Waals surface area contributed by atoms with Crippen molar-refractivity contribution in [1.82, 2.24) is 0 Å². The lowest BCUT2D eigenvalue weighted by Gasteiger charge is -2.14. The van der Waals surface area contributed by atoms with Gasteiger partial charge in [0.05, 0.1) is 5.69 Å². The lowest BCUT2D eigenvalue weighted by molar-refractivity contribution is 0.671. The van der Waals surface area contributed by atoms with Gasteiger partial charge in [0.2, 0.25) is 0 Å². The maximum absolute atomic E-state index is 6.60. The van der Waals surface area contributed by atoms with E-state index >= 15 is 0 Å². The molecular formula is C38H25NO. The highest BCUT2D eigenvalue weighted by Crippen LogP contribution is 2.43. The molecule has 0 saturated heterocycles. The summed E-state index contributed by atoms with van der Waals surface area (Å²) in [6.45, 7) is 0. The molecule has 0 saturated carbocycles. The predicted octanol–water partition coefficient (Wildman–Crippen LogP) is 11.0. The quantitative estimate of drug-likeness (QED) is 0.254. The van der Waals surface area contributed by atoms with Crippen molar-refractivity contribution in [3.63, 3.8) is 0 Å². The van der Waals surface area contributed by atoms with Gasteiger partial charge in [-0.3, -0.25) is 0 Å². The third kappa shape index (κ3) is 3.65. The van der Waals surface area contributed by atoms with E-state index in [-0.39, 0.29) is 0 Å². The first-order valence-corrected chi connectivity index (χ1v) is 13.6. The summed E-state index contributed by atoms with van der Waals surface area (Å²) >= 11 is 0. The molecule has 188 valence electrons. The SMILES string of the molecule is c1ccc(-c2ccccc2-c2cccc(Nc3c4ccccc4cc4c3oc3ccc5ccccc5c34)c2)cc1. The van der Waals surface area contributed by atoms with Crippen LogP contribution in [-0.2, 0) is 0 Å². The van der Waals surface area contributed by atoms with Crippen LogP contribution in [0.2, 0.25) is 0 Å². The lowest BCUT2D eigenvalue weighted by atomic mass is 9.94.